The summed E-state index contributed by atoms with van der Waals surface area (Å²) in [5.74, 6) is -1.85. The Kier molecular flexibility index (Phi) is 4.06. The minimum Gasteiger partial charge on any atom is -0.294 e. The van der Waals surface area contributed by atoms with Gasteiger partial charge < -0.3 is 0 Å². The van der Waals surface area contributed by atoms with Gasteiger partial charge in [-0.25, -0.2) is 8.78 Å². The van der Waals surface area contributed by atoms with Gasteiger partial charge in [-0.1, -0.05) is 12.1 Å². The van der Waals surface area contributed by atoms with E-state index in [0.717, 1.165) is 21.3 Å². The van der Waals surface area contributed by atoms with E-state index >= 15 is 0 Å². The second-order valence-electron chi connectivity index (χ2n) is 3.85. The molecular formula is C14H9F2IO. The Morgan fingerprint density at radius 1 is 1.06 bits per heavy atom. The molecule has 92 valence electrons. The predicted octanol–water partition coefficient (Wildman–Crippen LogP) is 3.99. The van der Waals surface area contributed by atoms with E-state index in [2.05, 4.69) is 22.6 Å². The molecule has 1 nitrogen and oxygen atoms in total. The third-order valence-corrected chi connectivity index (χ3v) is 3.23. The molecule has 0 spiro atoms. The van der Waals surface area contributed by atoms with E-state index < -0.39 is 11.6 Å². The number of carbonyl (C=O) groups excluding carboxylic acids is 1. The zero-order valence-electron chi connectivity index (χ0n) is 9.29. The summed E-state index contributed by atoms with van der Waals surface area (Å²) < 4.78 is 27.2. The first-order valence-corrected chi connectivity index (χ1v) is 6.37. The Balaban J connectivity index is 2.19. The Hall–Kier alpha value is -1.30. The molecule has 0 aromatic heterocycles. The van der Waals surface area contributed by atoms with E-state index in [1.54, 1.807) is 0 Å². The first kappa shape index (κ1) is 13.1. The smallest absolute Gasteiger partial charge is 0.170 e. The zero-order valence-corrected chi connectivity index (χ0v) is 11.4. The fourth-order valence-corrected chi connectivity index (χ4v) is 1.96. The summed E-state index contributed by atoms with van der Waals surface area (Å²) in [6.45, 7) is 0. The van der Waals surface area contributed by atoms with E-state index in [4.69, 9.17) is 0 Å². The molecule has 0 unspecified atom stereocenters. The quantitative estimate of drug-likeness (QED) is 0.599. The Bertz CT molecular complexity index is 579. The SMILES string of the molecule is O=C(Cc1ccc(I)cc1)c1ccc(F)cc1F. The maximum atomic E-state index is 13.4. The van der Waals surface area contributed by atoms with Gasteiger partial charge in [0.2, 0.25) is 0 Å². The Morgan fingerprint density at radius 2 is 1.72 bits per heavy atom. The van der Waals surface area contributed by atoms with Gasteiger partial charge in [0.25, 0.3) is 0 Å². The van der Waals surface area contributed by atoms with E-state index in [1.165, 1.54) is 6.07 Å². The normalized spacial score (nSPS) is 10.4. The molecule has 0 atom stereocenters. The van der Waals surface area contributed by atoms with Crippen molar-refractivity contribution >= 4 is 28.4 Å². The molecule has 0 aliphatic carbocycles. The molecule has 0 bridgehead atoms. The summed E-state index contributed by atoms with van der Waals surface area (Å²) in [6.07, 6.45) is 0.111. The highest BCUT2D eigenvalue weighted by molar-refractivity contribution is 14.1. The minimum atomic E-state index is -0.814. The van der Waals surface area contributed by atoms with Gasteiger partial charge in [0.05, 0.1) is 5.56 Å². The molecule has 0 radical (unpaired) electrons. The van der Waals surface area contributed by atoms with Crippen LogP contribution in [0, 0.1) is 15.2 Å². The van der Waals surface area contributed by atoms with Crippen LogP contribution in [0.15, 0.2) is 42.5 Å². The summed E-state index contributed by atoms with van der Waals surface area (Å²) in [4.78, 5) is 11.9. The van der Waals surface area contributed by atoms with Gasteiger partial charge in [0, 0.05) is 16.1 Å². The van der Waals surface area contributed by atoms with Gasteiger partial charge in [-0.3, -0.25) is 4.79 Å². The number of ketones is 1. The predicted molar refractivity (Wildman–Crippen MR) is 73.6 cm³/mol. The van der Waals surface area contributed by atoms with Crippen molar-refractivity contribution in [2.45, 2.75) is 6.42 Å². The molecule has 2 aromatic carbocycles. The Labute approximate surface area is 117 Å². The number of Topliss-reactive ketones (excluding diaryl/α,β-unsaturated/α-hetero) is 1. The maximum absolute atomic E-state index is 13.4. The second kappa shape index (κ2) is 5.56. The largest absolute Gasteiger partial charge is 0.294 e. The van der Waals surface area contributed by atoms with Crippen molar-refractivity contribution in [1.82, 2.24) is 0 Å². The fraction of sp³-hybridized carbons (Fsp3) is 0.0714. The highest BCUT2D eigenvalue weighted by Crippen LogP contribution is 2.14. The summed E-state index contributed by atoms with van der Waals surface area (Å²) in [5.41, 5.74) is 0.735. The van der Waals surface area contributed by atoms with Gasteiger partial charge in [0.1, 0.15) is 11.6 Å². The number of hydrogen-bond donors (Lipinski definition) is 0. The van der Waals surface area contributed by atoms with Gasteiger partial charge >= 0.3 is 0 Å². The zero-order chi connectivity index (χ0) is 13.1. The number of halogens is 3. The molecule has 0 saturated carbocycles. The van der Waals surface area contributed by atoms with Crippen LogP contribution in [0.1, 0.15) is 15.9 Å². The molecule has 18 heavy (non-hydrogen) atoms. The lowest BCUT2D eigenvalue weighted by atomic mass is 10.0. The summed E-state index contributed by atoms with van der Waals surface area (Å²) in [7, 11) is 0. The first-order chi connectivity index (χ1) is 8.56. The van der Waals surface area contributed by atoms with Crippen LogP contribution >= 0.6 is 22.6 Å². The van der Waals surface area contributed by atoms with Crippen molar-refractivity contribution in [3.05, 3.63) is 68.8 Å². The lowest BCUT2D eigenvalue weighted by molar-refractivity contribution is 0.0989. The second-order valence-corrected chi connectivity index (χ2v) is 5.10. The third-order valence-electron chi connectivity index (χ3n) is 2.51. The molecule has 2 rings (SSSR count). The third kappa shape index (κ3) is 3.13. The molecule has 4 heteroatoms. The van der Waals surface area contributed by atoms with Crippen LogP contribution in [-0.2, 0) is 6.42 Å². The molecule has 0 heterocycles. The summed E-state index contributed by atoms with van der Waals surface area (Å²) in [6, 6.07) is 10.4. The van der Waals surface area contributed by atoms with Crippen LogP contribution in [0.4, 0.5) is 8.78 Å². The molecule has 0 N–H and O–H groups in total. The van der Waals surface area contributed by atoms with Crippen LogP contribution in [0.2, 0.25) is 0 Å². The van der Waals surface area contributed by atoms with E-state index in [9.17, 15) is 13.6 Å². The van der Waals surface area contributed by atoms with Crippen molar-refractivity contribution in [2.75, 3.05) is 0 Å². The number of carbonyl (C=O) groups is 1. The van der Waals surface area contributed by atoms with Crippen LogP contribution in [0.5, 0.6) is 0 Å². The van der Waals surface area contributed by atoms with Gasteiger partial charge in [-0.05, 0) is 52.4 Å². The molecule has 0 saturated heterocycles. The van der Waals surface area contributed by atoms with Crippen molar-refractivity contribution in [3.63, 3.8) is 0 Å². The average molecular weight is 358 g/mol. The molecular weight excluding hydrogens is 349 g/mol. The molecule has 0 aliphatic heterocycles. The van der Waals surface area contributed by atoms with E-state index in [1.807, 2.05) is 24.3 Å². The van der Waals surface area contributed by atoms with Crippen molar-refractivity contribution < 1.29 is 13.6 Å². The topological polar surface area (TPSA) is 17.1 Å². The summed E-state index contributed by atoms with van der Waals surface area (Å²) in [5, 5.41) is 0. The van der Waals surface area contributed by atoms with Crippen molar-refractivity contribution in [1.29, 1.82) is 0 Å². The van der Waals surface area contributed by atoms with Crippen LogP contribution in [-0.4, -0.2) is 5.78 Å². The first-order valence-electron chi connectivity index (χ1n) is 5.29. The number of hydrogen-bond acceptors (Lipinski definition) is 1. The highest BCUT2D eigenvalue weighted by Gasteiger charge is 2.12. The highest BCUT2D eigenvalue weighted by atomic mass is 127. The van der Waals surface area contributed by atoms with Gasteiger partial charge in [0.15, 0.2) is 5.78 Å². The number of benzene rings is 2. The fourth-order valence-electron chi connectivity index (χ4n) is 1.60. The van der Waals surface area contributed by atoms with Crippen LogP contribution < -0.4 is 0 Å². The molecule has 0 amide bonds. The van der Waals surface area contributed by atoms with E-state index in [0.29, 0.717) is 0 Å². The standard InChI is InChI=1S/C14H9F2IO/c15-10-3-6-12(13(16)8-10)14(18)7-9-1-4-11(17)5-2-9/h1-6,8H,7H2. The number of rotatable bonds is 3. The minimum absolute atomic E-state index is 0.0741. The van der Waals surface area contributed by atoms with Crippen molar-refractivity contribution in [2.24, 2.45) is 0 Å². The molecule has 0 aliphatic rings. The lowest BCUT2D eigenvalue weighted by Gasteiger charge is -2.03. The summed E-state index contributed by atoms with van der Waals surface area (Å²) >= 11 is 2.16. The Morgan fingerprint density at radius 3 is 2.33 bits per heavy atom. The molecule has 2 aromatic rings. The van der Waals surface area contributed by atoms with Gasteiger partial charge in [-0.2, -0.15) is 0 Å². The van der Waals surface area contributed by atoms with Crippen LogP contribution in [0.25, 0.3) is 0 Å². The van der Waals surface area contributed by atoms with E-state index in [-0.39, 0.29) is 17.8 Å². The maximum Gasteiger partial charge on any atom is 0.170 e. The van der Waals surface area contributed by atoms with Gasteiger partial charge in [-0.15, -0.1) is 0 Å². The molecule has 0 fully saturated rings. The van der Waals surface area contributed by atoms with Crippen LogP contribution in [0.3, 0.4) is 0 Å². The van der Waals surface area contributed by atoms with Crippen molar-refractivity contribution in [3.8, 4) is 0 Å². The monoisotopic (exact) mass is 358 g/mol. The average Bonchev–Trinajstić information content (AvgIpc) is 2.32. The lowest BCUT2D eigenvalue weighted by Crippen LogP contribution is -2.06.